The van der Waals surface area contributed by atoms with Crippen molar-refractivity contribution in [2.75, 3.05) is 6.61 Å². The number of fused-ring (bicyclic) bond motifs is 2. The molecule has 158 valence electrons. The number of ether oxygens (including phenoxy) is 3. The third-order valence-corrected chi connectivity index (χ3v) is 4.92. The van der Waals surface area contributed by atoms with Gasteiger partial charge in [0.25, 0.3) is 0 Å². The van der Waals surface area contributed by atoms with E-state index >= 15 is 0 Å². The van der Waals surface area contributed by atoms with Gasteiger partial charge in [-0.1, -0.05) is 40.7 Å². The van der Waals surface area contributed by atoms with Crippen LogP contribution in [0.3, 0.4) is 0 Å². The molecule has 0 heterocycles. The molecule has 2 fully saturated rings. The van der Waals surface area contributed by atoms with E-state index in [9.17, 15) is 9.59 Å². The molecule has 0 radical (unpaired) electrons. The Morgan fingerprint density at radius 3 is 2.15 bits per heavy atom. The van der Waals surface area contributed by atoms with Crippen LogP contribution in [0.4, 0.5) is 0 Å². The number of hydrogen-bond acceptors (Lipinski definition) is 5. The van der Waals surface area contributed by atoms with Crippen LogP contribution < -0.4 is 0 Å². The van der Waals surface area contributed by atoms with Gasteiger partial charge in [-0.25, -0.2) is 4.79 Å². The molecule has 27 heavy (non-hydrogen) atoms. The van der Waals surface area contributed by atoms with Gasteiger partial charge in [-0.3, -0.25) is 4.79 Å². The summed E-state index contributed by atoms with van der Waals surface area (Å²) in [7, 11) is 0. The third kappa shape index (κ3) is 10.5. The minimum Gasteiger partial charge on any atom is -0.459 e. The zero-order valence-electron chi connectivity index (χ0n) is 18.4. The lowest BCUT2D eigenvalue weighted by Gasteiger charge is -2.21. The van der Waals surface area contributed by atoms with Gasteiger partial charge in [-0.05, 0) is 57.3 Å². The quantitative estimate of drug-likeness (QED) is 0.339. The van der Waals surface area contributed by atoms with Crippen molar-refractivity contribution in [1.82, 2.24) is 0 Å². The van der Waals surface area contributed by atoms with Gasteiger partial charge in [0.15, 0.2) is 6.29 Å². The minimum atomic E-state index is -0.420. The standard InChI is InChI=1S/C11H16O2.C9H18O3.C2H6/c1-7(2)11(12)13-10-6-8-3-4-9(10)5-8;1-5-7(2)6-11-9(4)12-8(3)10;1-2/h8-10H,1,3-6H2,2H3;7,9H,5-6H2,1-4H3;1-2H3. The highest BCUT2D eigenvalue weighted by atomic mass is 16.7. The van der Waals surface area contributed by atoms with Gasteiger partial charge >= 0.3 is 11.9 Å². The molecule has 0 aliphatic heterocycles. The monoisotopic (exact) mass is 384 g/mol. The van der Waals surface area contributed by atoms with Crippen LogP contribution in [0.5, 0.6) is 0 Å². The summed E-state index contributed by atoms with van der Waals surface area (Å²) in [6.07, 6.45) is 5.80. The topological polar surface area (TPSA) is 61.8 Å². The Kier molecular flexibility index (Phi) is 13.1. The number of esters is 2. The first-order valence-electron chi connectivity index (χ1n) is 10.4. The van der Waals surface area contributed by atoms with Gasteiger partial charge < -0.3 is 14.2 Å². The molecule has 2 rings (SSSR count). The van der Waals surface area contributed by atoms with Gasteiger partial charge in [0, 0.05) is 12.5 Å². The van der Waals surface area contributed by atoms with Crippen molar-refractivity contribution >= 4 is 11.9 Å². The highest BCUT2D eigenvalue weighted by Crippen LogP contribution is 2.45. The summed E-state index contributed by atoms with van der Waals surface area (Å²) >= 11 is 0. The van der Waals surface area contributed by atoms with Crippen molar-refractivity contribution in [3.8, 4) is 0 Å². The van der Waals surface area contributed by atoms with Crippen LogP contribution in [0, 0.1) is 17.8 Å². The van der Waals surface area contributed by atoms with Gasteiger partial charge in [0.2, 0.25) is 0 Å². The predicted molar refractivity (Wildman–Crippen MR) is 108 cm³/mol. The largest absolute Gasteiger partial charge is 0.459 e. The first-order chi connectivity index (χ1) is 12.7. The number of carbonyl (C=O) groups excluding carboxylic acids is 2. The molecule has 5 nitrogen and oxygen atoms in total. The van der Waals surface area contributed by atoms with Gasteiger partial charge in [-0.2, -0.15) is 0 Å². The number of hydrogen-bond donors (Lipinski definition) is 0. The molecule has 0 aromatic carbocycles. The van der Waals surface area contributed by atoms with E-state index in [2.05, 4.69) is 20.4 Å². The van der Waals surface area contributed by atoms with Crippen molar-refractivity contribution in [3.63, 3.8) is 0 Å². The second-order valence-electron chi connectivity index (χ2n) is 7.42. The van der Waals surface area contributed by atoms with Gasteiger partial charge in [0.05, 0.1) is 6.61 Å². The fraction of sp³-hybridized carbons (Fsp3) is 0.818. The zero-order valence-corrected chi connectivity index (χ0v) is 18.4. The van der Waals surface area contributed by atoms with Crippen LogP contribution in [0.2, 0.25) is 0 Å². The SMILES string of the molecule is C=C(C)C(=O)OC1CC2CCC1C2.CC.CCC(C)COC(C)OC(C)=O. The highest BCUT2D eigenvalue weighted by molar-refractivity contribution is 5.87. The van der Waals surface area contributed by atoms with Gasteiger partial charge in [0.1, 0.15) is 6.10 Å². The molecule has 0 saturated heterocycles. The highest BCUT2D eigenvalue weighted by Gasteiger charge is 2.41. The molecule has 0 aromatic rings. The average Bonchev–Trinajstić information content (AvgIpc) is 3.24. The van der Waals surface area contributed by atoms with Crippen LogP contribution >= 0.6 is 0 Å². The van der Waals surface area contributed by atoms with Crippen LogP contribution in [0.25, 0.3) is 0 Å². The Hall–Kier alpha value is -1.36. The lowest BCUT2D eigenvalue weighted by atomic mass is 9.98. The summed E-state index contributed by atoms with van der Waals surface area (Å²) < 4.78 is 15.4. The Morgan fingerprint density at radius 2 is 1.74 bits per heavy atom. The van der Waals surface area contributed by atoms with E-state index in [1.165, 1.54) is 26.2 Å². The summed E-state index contributed by atoms with van der Waals surface area (Å²) in [5, 5.41) is 0. The predicted octanol–water partition coefficient (Wildman–Crippen LogP) is 5.28. The molecular weight excluding hydrogens is 344 g/mol. The van der Waals surface area contributed by atoms with Crippen molar-refractivity contribution < 1.29 is 23.8 Å². The van der Waals surface area contributed by atoms with Gasteiger partial charge in [-0.15, -0.1) is 0 Å². The average molecular weight is 385 g/mol. The fourth-order valence-electron chi connectivity index (χ4n) is 3.25. The van der Waals surface area contributed by atoms with E-state index in [0.717, 1.165) is 18.8 Å². The summed E-state index contributed by atoms with van der Waals surface area (Å²) in [4.78, 5) is 21.7. The lowest BCUT2D eigenvalue weighted by molar-refractivity contribution is -0.174. The second kappa shape index (κ2) is 13.8. The summed E-state index contributed by atoms with van der Waals surface area (Å²) in [5.74, 6) is 1.48. The number of carbonyl (C=O) groups is 2. The normalized spacial score (nSPS) is 24.5. The second-order valence-corrected chi connectivity index (χ2v) is 7.42. The van der Waals surface area contributed by atoms with Crippen LogP contribution in [-0.4, -0.2) is 30.9 Å². The molecule has 2 aliphatic carbocycles. The number of rotatable bonds is 7. The van der Waals surface area contributed by atoms with E-state index in [1.54, 1.807) is 13.8 Å². The Morgan fingerprint density at radius 1 is 1.11 bits per heavy atom. The molecule has 5 atom stereocenters. The molecule has 5 heteroatoms. The molecule has 5 unspecified atom stereocenters. The first-order valence-corrected chi connectivity index (χ1v) is 10.4. The van der Waals surface area contributed by atoms with Crippen molar-refractivity contribution in [1.29, 1.82) is 0 Å². The van der Waals surface area contributed by atoms with E-state index in [-0.39, 0.29) is 18.0 Å². The first kappa shape index (κ1) is 25.6. The van der Waals surface area contributed by atoms with Crippen LogP contribution in [-0.2, 0) is 23.8 Å². The zero-order chi connectivity index (χ0) is 21.0. The fourth-order valence-corrected chi connectivity index (χ4v) is 3.25. The molecule has 0 spiro atoms. The summed E-state index contributed by atoms with van der Waals surface area (Å²) in [6.45, 7) is 17.2. The van der Waals surface area contributed by atoms with Crippen LogP contribution in [0.15, 0.2) is 12.2 Å². The van der Waals surface area contributed by atoms with E-state index < -0.39 is 6.29 Å². The maximum absolute atomic E-state index is 11.3. The minimum absolute atomic E-state index is 0.197. The van der Waals surface area contributed by atoms with E-state index in [4.69, 9.17) is 14.2 Å². The van der Waals surface area contributed by atoms with E-state index in [1.807, 2.05) is 13.8 Å². The molecule has 0 aromatic heterocycles. The molecule has 0 amide bonds. The molecule has 2 aliphatic rings. The Balaban J connectivity index is 0.000000461. The van der Waals surface area contributed by atoms with Crippen molar-refractivity contribution in [3.05, 3.63) is 12.2 Å². The third-order valence-electron chi connectivity index (χ3n) is 4.92. The molecule has 2 saturated carbocycles. The van der Waals surface area contributed by atoms with E-state index in [0.29, 0.717) is 24.0 Å². The maximum atomic E-state index is 11.3. The molecule has 0 N–H and O–H groups in total. The molecular formula is C22H40O5. The summed E-state index contributed by atoms with van der Waals surface area (Å²) in [5.41, 5.74) is 0.516. The summed E-state index contributed by atoms with van der Waals surface area (Å²) in [6, 6.07) is 0. The maximum Gasteiger partial charge on any atom is 0.333 e. The molecule has 2 bridgehead atoms. The smallest absolute Gasteiger partial charge is 0.333 e. The Bertz CT molecular complexity index is 460. The van der Waals surface area contributed by atoms with Crippen molar-refractivity contribution in [2.45, 2.75) is 93.0 Å². The Labute approximate surface area is 165 Å². The van der Waals surface area contributed by atoms with Crippen molar-refractivity contribution in [2.24, 2.45) is 17.8 Å². The van der Waals surface area contributed by atoms with Crippen LogP contribution in [0.1, 0.15) is 80.6 Å². The lowest BCUT2D eigenvalue weighted by Crippen LogP contribution is -2.24.